The summed E-state index contributed by atoms with van der Waals surface area (Å²) in [6.45, 7) is 8.47. The Morgan fingerprint density at radius 2 is 2.00 bits per heavy atom. The summed E-state index contributed by atoms with van der Waals surface area (Å²) in [5.74, 6) is 0.155. The molecule has 3 nitrogen and oxygen atoms in total. The van der Waals surface area contributed by atoms with Crippen LogP contribution in [0.15, 0.2) is 23.3 Å². The van der Waals surface area contributed by atoms with Gasteiger partial charge in [-0.25, -0.2) is 0 Å². The lowest BCUT2D eigenvalue weighted by Crippen LogP contribution is -2.53. The minimum Gasteiger partial charge on any atom is -0.481 e. The van der Waals surface area contributed by atoms with Crippen LogP contribution in [0.3, 0.4) is 0 Å². The van der Waals surface area contributed by atoms with Crippen molar-refractivity contribution in [3.63, 3.8) is 0 Å². The van der Waals surface area contributed by atoms with E-state index in [1.165, 1.54) is 5.57 Å². The monoisotopic (exact) mass is 318 g/mol. The Kier molecular flexibility index (Phi) is 3.99. The van der Waals surface area contributed by atoms with Crippen LogP contribution in [0.1, 0.15) is 59.8 Å². The summed E-state index contributed by atoms with van der Waals surface area (Å²) in [7, 11) is 0. The largest absolute Gasteiger partial charge is 0.481 e. The molecule has 3 aliphatic carbocycles. The number of carboxylic acid groups (broad SMARTS) is 1. The van der Waals surface area contributed by atoms with Gasteiger partial charge in [-0.1, -0.05) is 39.3 Å². The van der Waals surface area contributed by atoms with Crippen LogP contribution in [0.4, 0.5) is 0 Å². The van der Waals surface area contributed by atoms with E-state index in [9.17, 15) is 15.0 Å². The number of aliphatic hydroxyl groups excluding tert-OH is 1. The van der Waals surface area contributed by atoms with Crippen molar-refractivity contribution in [2.45, 2.75) is 65.9 Å². The van der Waals surface area contributed by atoms with Crippen molar-refractivity contribution in [2.75, 3.05) is 0 Å². The van der Waals surface area contributed by atoms with Gasteiger partial charge in [-0.2, -0.15) is 0 Å². The molecule has 0 aromatic heterocycles. The van der Waals surface area contributed by atoms with E-state index in [-0.39, 0.29) is 23.4 Å². The lowest BCUT2D eigenvalue weighted by molar-refractivity contribution is -0.162. The lowest BCUT2D eigenvalue weighted by Gasteiger charge is -2.57. The maximum atomic E-state index is 12.0. The van der Waals surface area contributed by atoms with E-state index < -0.39 is 11.4 Å². The van der Waals surface area contributed by atoms with Crippen LogP contribution in [-0.2, 0) is 4.79 Å². The second-order valence-corrected chi connectivity index (χ2v) is 8.68. The van der Waals surface area contributed by atoms with E-state index in [2.05, 4.69) is 32.9 Å². The Hall–Kier alpha value is -1.09. The minimum atomic E-state index is -0.653. The van der Waals surface area contributed by atoms with E-state index in [0.717, 1.165) is 37.7 Å². The maximum Gasteiger partial charge on any atom is 0.309 e. The van der Waals surface area contributed by atoms with E-state index in [0.29, 0.717) is 5.92 Å². The number of fused-ring (bicyclic) bond motifs is 3. The molecular formula is C20H30O3. The zero-order chi connectivity index (χ0) is 17.0. The van der Waals surface area contributed by atoms with Crippen LogP contribution in [0.2, 0.25) is 0 Å². The molecule has 0 radical (unpaired) electrons. The summed E-state index contributed by atoms with van der Waals surface area (Å²) >= 11 is 0. The highest BCUT2D eigenvalue weighted by molar-refractivity contribution is 5.75. The number of carbonyl (C=O) groups is 1. The third-order valence-corrected chi connectivity index (χ3v) is 7.10. The molecule has 5 atom stereocenters. The lowest BCUT2D eigenvalue weighted by atomic mass is 9.46. The molecule has 3 rings (SSSR count). The zero-order valence-electron chi connectivity index (χ0n) is 14.8. The summed E-state index contributed by atoms with van der Waals surface area (Å²) in [4.78, 5) is 12.0. The van der Waals surface area contributed by atoms with Crippen molar-refractivity contribution in [1.82, 2.24) is 0 Å². The van der Waals surface area contributed by atoms with Crippen LogP contribution >= 0.6 is 0 Å². The molecule has 2 N–H and O–H groups in total. The Morgan fingerprint density at radius 3 is 2.61 bits per heavy atom. The molecule has 3 unspecified atom stereocenters. The fourth-order valence-electron chi connectivity index (χ4n) is 5.66. The van der Waals surface area contributed by atoms with E-state index in [1.54, 1.807) is 0 Å². The summed E-state index contributed by atoms with van der Waals surface area (Å²) in [5, 5.41) is 20.4. The van der Waals surface area contributed by atoms with E-state index in [1.807, 2.05) is 6.92 Å². The molecule has 0 bridgehead atoms. The Bertz CT molecular complexity index is 573. The van der Waals surface area contributed by atoms with Gasteiger partial charge in [-0.05, 0) is 66.9 Å². The van der Waals surface area contributed by atoms with Gasteiger partial charge in [0.2, 0.25) is 0 Å². The molecule has 0 heterocycles. The Morgan fingerprint density at radius 1 is 1.30 bits per heavy atom. The quantitative estimate of drug-likeness (QED) is 0.803. The summed E-state index contributed by atoms with van der Waals surface area (Å²) < 4.78 is 0. The van der Waals surface area contributed by atoms with Crippen molar-refractivity contribution in [3.8, 4) is 0 Å². The molecular weight excluding hydrogens is 288 g/mol. The molecule has 0 aromatic carbocycles. The van der Waals surface area contributed by atoms with Gasteiger partial charge in [0.25, 0.3) is 0 Å². The average molecular weight is 318 g/mol. The highest BCUT2D eigenvalue weighted by atomic mass is 16.4. The predicted molar refractivity (Wildman–Crippen MR) is 90.9 cm³/mol. The average Bonchev–Trinajstić information content (AvgIpc) is 2.46. The normalized spacial score (nSPS) is 43.3. The third-order valence-electron chi connectivity index (χ3n) is 7.10. The summed E-state index contributed by atoms with van der Waals surface area (Å²) in [6.07, 6.45) is 8.49. The predicted octanol–water partition coefficient (Wildman–Crippen LogP) is 4.18. The first-order valence-electron chi connectivity index (χ1n) is 9.03. The van der Waals surface area contributed by atoms with Gasteiger partial charge in [-0.3, -0.25) is 4.79 Å². The molecule has 3 heteroatoms. The molecule has 1 fully saturated rings. The zero-order valence-corrected chi connectivity index (χ0v) is 14.8. The van der Waals surface area contributed by atoms with Crippen LogP contribution in [0.25, 0.3) is 0 Å². The first kappa shape index (κ1) is 16.8. The Labute approximate surface area is 139 Å². The first-order valence-corrected chi connectivity index (χ1v) is 9.03. The van der Waals surface area contributed by atoms with Crippen molar-refractivity contribution < 1.29 is 15.0 Å². The second-order valence-electron chi connectivity index (χ2n) is 8.68. The second kappa shape index (κ2) is 5.47. The summed E-state index contributed by atoms with van der Waals surface area (Å²) in [5.41, 5.74) is 1.82. The molecule has 0 spiro atoms. The molecule has 0 aromatic rings. The third kappa shape index (κ3) is 2.39. The smallest absolute Gasteiger partial charge is 0.309 e. The molecule has 0 amide bonds. The van der Waals surface area contributed by atoms with Gasteiger partial charge in [-0.15, -0.1) is 0 Å². The van der Waals surface area contributed by atoms with E-state index in [4.69, 9.17) is 0 Å². The number of rotatable bonds is 2. The van der Waals surface area contributed by atoms with Crippen molar-refractivity contribution in [3.05, 3.63) is 23.3 Å². The molecule has 0 aliphatic heterocycles. The highest BCUT2D eigenvalue weighted by Crippen LogP contribution is 2.62. The van der Waals surface area contributed by atoms with Gasteiger partial charge >= 0.3 is 5.97 Å². The van der Waals surface area contributed by atoms with Crippen LogP contribution in [0.5, 0.6) is 0 Å². The topological polar surface area (TPSA) is 57.5 Å². The molecule has 0 saturated heterocycles. The maximum absolute atomic E-state index is 12.0. The minimum absolute atomic E-state index is 0.0184. The van der Waals surface area contributed by atoms with Crippen molar-refractivity contribution in [1.29, 1.82) is 0 Å². The van der Waals surface area contributed by atoms with Gasteiger partial charge in [0, 0.05) is 0 Å². The number of hydrogen-bond donors (Lipinski definition) is 2. The standard InChI is InChI=1S/C20H30O3/c1-12(2)14-10-13-6-7-17-19(3,15(13)11-16(14)21)8-5-9-20(17,4)18(22)23/h6,10,12,15-17,21H,5,7-9,11H2,1-4H3,(H,22,23)/t15?,16?,17?,19-,20-/m1/s1. The van der Waals surface area contributed by atoms with Crippen LogP contribution in [0, 0.1) is 28.6 Å². The number of aliphatic hydroxyl groups is 1. The van der Waals surface area contributed by atoms with Crippen LogP contribution < -0.4 is 0 Å². The SMILES string of the molecule is CC(C)C1=CC2=CCC3[C@](C)(CCC[C@@]3(C)C(=O)O)C2CC1O. The van der Waals surface area contributed by atoms with Crippen LogP contribution in [-0.4, -0.2) is 22.3 Å². The Balaban J connectivity index is 2.03. The van der Waals surface area contributed by atoms with E-state index >= 15 is 0 Å². The number of aliphatic carboxylic acids is 1. The van der Waals surface area contributed by atoms with Gasteiger partial charge in [0.15, 0.2) is 0 Å². The fourth-order valence-corrected chi connectivity index (χ4v) is 5.66. The number of allylic oxidation sites excluding steroid dienone is 3. The van der Waals surface area contributed by atoms with Crippen molar-refractivity contribution in [2.24, 2.45) is 28.6 Å². The number of carboxylic acids is 1. The molecule has 3 aliphatic rings. The van der Waals surface area contributed by atoms with Gasteiger partial charge in [0.1, 0.15) is 0 Å². The first-order chi connectivity index (χ1) is 10.7. The fraction of sp³-hybridized carbons (Fsp3) is 0.750. The molecule has 128 valence electrons. The highest BCUT2D eigenvalue weighted by Gasteiger charge is 2.57. The summed E-state index contributed by atoms with van der Waals surface area (Å²) in [6, 6.07) is 0. The molecule has 1 saturated carbocycles. The van der Waals surface area contributed by atoms with Crippen molar-refractivity contribution >= 4 is 5.97 Å². The van der Waals surface area contributed by atoms with Gasteiger partial charge in [0.05, 0.1) is 11.5 Å². The molecule has 23 heavy (non-hydrogen) atoms. The van der Waals surface area contributed by atoms with Gasteiger partial charge < -0.3 is 10.2 Å². The number of hydrogen-bond acceptors (Lipinski definition) is 2.